The van der Waals surface area contributed by atoms with Gasteiger partial charge in [0.2, 0.25) is 5.76 Å². The van der Waals surface area contributed by atoms with Crippen LogP contribution in [0.25, 0.3) is 0 Å². The molecule has 0 radical (unpaired) electrons. The molecule has 0 atom stereocenters. The van der Waals surface area contributed by atoms with Crippen molar-refractivity contribution in [2.24, 2.45) is 0 Å². The lowest BCUT2D eigenvalue weighted by Gasteiger charge is -1.97. The van der Waals surface area contributed by atoms with Crippen molar-refractivity contribution in [3.63, 3.8) is 0 Å². The second-order valence-corrected chi connectivity index (χ2v) is 2.87. The van der Waals surface area contributed by atoms with Crippen molar-refractivity contribution in [1.82, 2.24) is 0 Å². The van der Waals surface area contributed by atoms with Crippen molar-refractivity contribution in [3.05, 3.63) is 22.6 Å². The van der Waals surface area contributed by atoms with Crippen LogP contribution in [0.2, 0.25) is 0 Å². The summed E-state index contributed by atoms with van der Waals surface area (Å²) in [6, 6.07) is 1.80. The van der Waals surface area contributed by atoms with Gasteiger partial charge >= 0.3 is 5.97 Å². The Balaban J connectivity index is 3.42. The predicted molar refractivity (Wildman–Crippen MR) is 53.3 cm³/mol. The number of rotatable bonds is 2. The van der Waals surface area contributed by atoms with Crippen molar-refractivity contribution in [1.29, 1.82) is 10.7 Å². The van der Waals surface area contributed by atoms with E-state index in [1.54, 1.807) is 6.07 Å². The molecule has 0 amide bonds. The molecule has 0 saturated heterocycles. The highest BCUT2D eigenvalue weighted by Gasteiger charge is 2.26. The molecule has 0 aromatic carbocycles. The number of ether oxygens (including phenoxy) is 2. The Labute approximate surface area is 91.9 Å². The lowest BCUT2D eigenvalue weighted by molar-refractivity contribution is 0.0598. The maximum atomic E-state index is 11.4. The summed E-state index contributed by atoms with van der Waals surface area (Å²) in [7, 11) is 2.48. The van der Waals surface area contributed by atoms with Crippen LogP contribution in [-0.4, -0.2) is 26.1 Å². The van der Waals surface area contributed by atoms with Gasteiger partial charge in [-0.25, -0.2) is 4.79 Å². The third-order valence-electron chi connectivity index (χ3n) is 2.00. The number of furan rings is 1. The average Bonchev–Trinajstić information content (AvgIpc) is 2.63. The van der Waals surface area contributed by atoms with Gasteiger partial charge in [-0.15, -0.1) is 0 Å². The minimum absolute atomic E-state index is 0.0294. The molecular weight excluding hydrogens is 212 g/mol. The topological polar surface area (TPSA) is 96.3 Å². The van der Waals surface area contributed by atoms with E-state index in [9.17, 15) is 4.79 Å². The summed E-state index contributed by atoms with van der Waals surface area (Å²) >= 11 is 0. The van der Waals surface area contributed by atoms with Crippen molar-refractivity contribution in [2.45, 2.75) is 6.92 Å². The minimum Gasteiger partial charge on any atom is -0.479 e. The molecule has 16 heavy (non-hydrogen) atoms. The number of nitrogens with zero attached hydrogens (tertiary/aromatic N) is 1. The van der Waals surface area contributed by atoms with Gasteiger partial charge in [0.1, 0.15) is 23.0 Å². The molecule has 1 rings (SSSR count). The number of esters is 1. The third-order valence-corrected chi connectivity index (χ3v) is 2.00. The molecule has 1 aromatic rings. The summed E-state index contributed by atoms with van der Waals surface area (Å²) in [5.41, 5.74) is -0.0157. The maximum Gasteiger partial charge on any atom is 0.342 e. The molecule has 1 N–H and O–H groups in total. The van der Waals surface area contributed by atoms with Gasteiger partial charge in [0.15, 0.2) is 0 Å². The molecule has 0 fully saturated rings. The van der Waals surface area contributed by atoms with E-state index in [1.807, 2.05) is 0 Å². The van der Waals surface area contributed by atoms with Gasteiger partial charge in [0.05, 0.1) is 14.2 Å². The Hall–Kier alpha value is -2.29. The van der Waals surface area contributed by atoms with E-state index in [1.165, 1.54) is 21.1 Å². The summed E-state index contributed by atoms with van der Waals surface area (Å²) in [5, 5.41) is 16.3. The van der Waals surface area contributed by atoms with Crippen LogP contribution in [0.1, 0.15) is 27.4 Å². The first-order valence-corrected chi connectivity index (χ1v) is 4.31. The van der Waals surface area contributed by atoms with E-state index >= 15 is 0 Å². The quantitative estimate of drug-likeness (QED) is 0.461. The first kappa shape index (κ1) is 11.8. The van der Waals surface area contributed by atoms with E-state index in [0.29, 0.717) is 0 Å². The summed E-state index contributed by atoms with van der Waals surface area (Å²) in [6.45, 7) is 1.51. The smallest absolute Gasteiger partial charge is 0.342 e. The molecule has 1 aromatic heterocycles. The molecule has 84 valence electrons. The van der Waals surface area contributed by atoms with Crippen molar-refractivity contribution >= 4 is 11.9 Å². The highest BCUT2D eigenvalue weighted by Crippen LogP contribution is 2.23. The number of carbonyl (C=O) groups is 1. The number of carbonyl (C=O) groups excluding carboxylic acids is 1. The van der Waals surface area contributed by atoms with Gasteiger partial charge in [0, 0.05) is 0 Å². The third kappa shape index (κ3) is 1.75. The van der Waals surface area contributed by atoms with E-state index < -0.39 is 5.97 Å². The highest BCUT2D eigenvalue weighted by molar-refractivity contribution is 5.99. The Morgan fingerprint density at radius 2 is 2.06 bits per heavy atom. The van der Waals surface area contributed by atoms with Gasteiger partial charge in [-0.05, 0) is 6.92 Å². The van der Waals surface area contributed by atoms with Crippen molar-refractivity contribution in [3.8, 4) is 6.07 Å². The lowest BCUT2D eigenvalue weighted by atomic mass is 10.1. The number of hydrogen-bond donors (Lipinski definition) is 1. The maximum absolute atomic E-state index is 11.4. The van der Waals surface area contributed by atoms with Crippen LogP contribution in [0.15, 0.2) is 4.42 Å². The fraction of sp³-hybridized carbons (Fsp3) is 0.300. The minimum atomic E-state index is -0.673. The molecule has 1 heterocycles. The number of nitrogens with one attached hydrogen (secondary N) is 1. The first-order chi connectivity index (χ1) is 7.56. The zero-order chi connectivity index (χ0) is 12.3. The zero-order valence-electron chi connectivity index (χ0n) is 9.08. The fourth-order valence-corrected chi connectivity index (χ4v) is 1.25. The Bertz CT molecular complexity index is 482. The fourth-order valence-electron chi connectivity index (χ4n) is 1.25. The molecule has 6 heteroatoms. The van der Waals surface area contributed by atoms with Crippen LogP contribution in [-0.2, 0) is 9.47 Å². The van der Waals surface area contributed by atoms with Gasteiger partial charge in [-0.2, -0.15) is 5.26 Å². The summed E-state index contributed by atoms with van der Waals surface area (Å²) < 4.78 is 14.3. The SMILES string of the molecule is COC(=N)c1oc(C)c(C(=O)OC)c1C#N. The lowest BCUT2D eigenvalue weighted by Crippen LogP contribution is -2.06. The second-order valence-electron chi connectivity index (χ2n) is 2.87. The monoisotopic (exact) mass is 222 g/mol. The number of nitriles is 1. The second kappa shape index (κ2) is 4.49. The number of aryl methyl sites for hydroxylation is 1. The van der Waals surface area contributed by atoms with E-state index in [0.717, 1.165) is 0 Å². The molecule has 0 bridgehead atoms. The van der Waals surface area contributed by atoms with Crippen LogP contribution in [0.5, 0.6) is 0 Å². The van der Waals surface area contributed by atoms with Crippen molar-refractivity contribution in [2.75, 3.05) is 14.2 Å². The number of hydrogen-bond acceptors (Lipinski definition) is 6. The Kier molecular flexibility index (Phi) is 3.30. The number of methoxy groups -OCH3 is 2. The predicted octanol–water partition coefficient (Wildman–Crippen LogP) is 1.22. The summed E-state index contributed by atoms with van der Waals surface area (Å²) in [6.07, 6.45) is 0. The Morgan fingerprint density at radius 1 is 1.44 bits per heavy atom. The molecule has 0 aliphatic rings. The molecule has 0 unspecified atom stereocenters. The molecular formula is C10H10N2O4. The first-order valence-electron chi connectivity index (χ1n) is 4.31. The van der Waals surface area contributed by atoms with Gasteiger partial charge in [-0.3, -0.25) is 5.41 Å². The normalized spacial score (nSPS) is 9.38. The van der Waals surface area contributed by atoms with Crippen LogP contribution < -0.4 is 0 Å². The highest BCUT2D eigenvalue weighted by atomic mass is 16.5. The molecule has 0 aliphatic carbocycles. The molecule has 0 aliphatic heterocycles. The van der Waals surface area contributed by atoms with Crippen LogP contribution >= 0.6 is 0 Å². The molecule has 0 saturated carbocycles. The Morgan fingerprint density at radius 3 is 2.50 bits per heavy atom. The summed E-state index contributed by atoms with van der Waals surface area (Å²) in [5.74, 6) is -0.828. The standard InChI is InChI=1S/C10H10N2O4/c1-5-7(10(13)15-3)6(4-11)8(16-5)9(12)14-2/h12H,1-3H3. The summed E-state index contributed by atoms with van der Waals surface area (Å²) in [4.78, 5) is 11.4. The molecule has 0 spiro atoms. The average molecular weight is 222 g/mol. The van der Waals surface area contributed by atoms with Crippen LogP contribution in [0, 0.1) is 23.7 Å². The molecule has 6 nitrogen and oxygen atoms in total. The van der Waals surface area contributed by atoms with Crippen LogP contribution in [0.3, 0.4) is 0 Å². The van der Waals surface area contributed by atoms with Gasteiger partial charge in [0.25, 0.3) is 5.90 Å². The van der Waals surface area contributed by atoms with E-state index in [4.69, 9.17) is 15.1 Å². The van der Waals surface area contributed by atoms with Crippen molar-refractivity contribution < 1.29 is 18.7 Å². The van der Waals surface area contributed by atoms with Crippen LogP contribution in [0.4, 0.5) is 0 Å². The largest absolute Gasteiger partial charge is 0.479 e. The van der Waals surface area contributed by atoms with E-state index in [2.05, 4.69) is 9.47 Å². The zero-order valence-corrected chi connectivity index (χ0v) is 9.08. The van der Waals surface area contributed by atoms with E-state index in [-0.39, 0.29) is 28.5 Å². The van der Waals surface area contributed by atoms with Gasteiger partial charge in [-0.1, -0.05) is 0 Å². The van der Waals surface area contributed by atoms with Gasteiger partial charge < -0.3 is 13.9 Å².